The van der Waals surface area contributed by atoms with Crippen molar-refractivity contribution >= 4 is 11.7 Å². The molecular weight excluding hydrogens is 238 g/mol. The summed E-state index contributed by atoms with van der Waals surface area (Å²) in [4.78, 5) is 15.1. The molecule has 110 valence electrons. The molecule has 0 aliphatic carbocycles. The molecule has 0 rings (SSSR count). The lowest BCUT2D eigenvalue weighted by Crippen LogP contribution is -2.10. The quantitative estimate of drug-likeness (QED) is 0.310. The molecule has 0 aromatic rings. The lowest BCUT2D eigenvalue weighted by atomic mass is 10.1. The Morgan fingerprint density at radius 3 is 2.21 bits per heavy atom. The summed E-state index contributed by atoms with van der Waals surface area (Å²) >= 11 is 0. The zero-order valence-corrected chi connectivity index (χ0v) is 12.8. The molecule has 0 atom stereocenters. The highest BCUT2D eigenvalue weighted by atomic mass is 16.5. The molecule has 0 bridgehead atoms. The Hall–Kier alpha value is -1.12. The van der Waals surface area contributed by atoms with Gasteiger partial charge in [0.05, 0.1) is 7.11 Å². The summed E-state index contributed by atoms with van der Waals surface area (Å²) in [5, 5.41) is 0. The summed E-state index contributed by atoms with van der Waals surface area (Å²) in [5.74, 6) is -0.364. The van der Waals surface area contributed by atoms with Crippen LogP contribution in [0.15, 0.2) is 17.3 Å². The molecule has 0 aromatic carbocycles. The van der Waals surface area contributed by atoms with Gasteiger partial charge in [-0.1, -0.05) is 57.9 Å². The van der Waals surface area contributed by atoms with Gasteiger partial charge in [-0.25, -0.2) is 4.79 Å². The molecule has 0 aliphatic heterocycles. The minimum absolute atomic E-state index is 0.364. The molecule has 3 nitrogen and oxygen atoms in total. The van der Waals surface area contributed by atoms with Crippen LogP contribution in [0.25, 0.3) is 0 Å². The van der Waals surface area contributed by atoms with E-state index in [2.05, 4.69) is 16.7 Å². The number of nitrogens with zero attached hydrogens (tertiary/aromatic N) is 1. The van der Waals surface area contributed by atoms with E-state index in [9.17, 15) is 4.79 Å². The van der Waals surface area contributed by atoms with Crippen LogP contribution in [-0.2, 0) is 9.53 Å². The molecule has 0 N–H and O–H groups in total. The number of methoxy groups -OCH3 is 1. The highest BCUT2D eigenvalue weighted by Crippen LogP contribution is 2.09. The fourth-order valence-electron chi connectivity index (χ4n) is 1.84. The number of hydrogen-bond donors (Lipinski definition) is 0. The number of rotatable bonds is 11. The number of ether oxygens (including phenoxy) is 1. The maximum Gasteiger partial charge on any atom is 0.352 e. The van der Waals surface area contributed by atoms with Crippen molar-refractivity contribution in [2.45, 2.75) is 71.6 Å². The van der Waals surface area contributed by atoms with Crippen LogP contribution in [0.2, 0.25) is 0 Å². The van der Waals surface area contributed by atoms with Crippen LogP contribution in [0, 0.1) is 0 Å². The van der Waals surface area contributed by atoms with Crippen LogP contribution in [0.4, 0.5) is 0 Å². The normalized spacial score (nSPS) is 12.1. The highest BCUT2D eigenvalue weighted by molar-refractivity contribution is 6.35. The second-order valence-electron chi connectivity index (χ2n) is 4.85. The Kier molecular flexibility index (Phi) is 12.5. The molecule has 0 saturated heterocycles. The fraction of sp³-hybridized carbons (Fsp3) is 0.750. The molecule has 0 fully saturated rings. The van der Waals surface area contributed by atoms with Crippen LogP contribution in [-0.4, -0.2) is 18.8 Å². The van der Waals surface area contributed by atoms with Crippen molar-refractivity contribution in [3.05, 3.63) is 12.3 Å². The SMILES string of the molecule is CCCCCCCCCCC=CN=C(C)C(=O)OC. The zero-order chi connectivity index (χ0) is 14.3. The molecule has 0 heterocycles. The van der Waals surface area contributed by atoms with Crippen LogP contribution in [0.5, 0.6) is 0 Å². The van der Waals surface area contributed by atoms with E-state index in [1.54, 1.807) is 13.1 Å². The van der Waals surface area contributed by atoms with Crippen molar-refractivity contribution in [1.82, 2.24) is 0 Å². The number of carbonyl (C=O) groups excluding carboxylic acids is 1. The maximum absolute atomic E-state index is 11.0. The number of unbranched alkanes of at least 4 members (excludes halogenated alkanes) is 8. The molecule has 0 radical (unpaired) electrons. The second kappa shape index (κ2) is 13.3. The molecule has 0 aromatic heterocycles. The van der Waals surface area contributed by atoms with E-state index in [0.29, 0.717) is 5.71 Å². The molecule has 0 saturated carbocycles. The summed E-state index contributed by atoms with van der Waals surface area (Å²) in [6.45, 7) is 3.91. The summed E-state index contributed by atoms with van der Waals surface area (Å²) in [7, 11) is 1.37. The van der Waals surface area contributed by atoms with Crippen molar-refractivity contribution in [2.24, 2.45) is 4.99 Å². The predicted octanol–water partition coefficient (Wildman–Crippen LogP) is 4.66. The van der Waals surface area contributed by atoms with E-state index in [4.69, 9.17) is 0 Å². The minimum atomic E-state index is -0.364. The van der Waals surface area contributed by atoms with E-state index in [1.165, 1.54) is 58.5 Å². The monoisotopic (exact) mass is 267 g/mol. The van der Waals surface area contributed by atoms with E-state index >= 15 is 0 Å². The van der Waals surface area contributed by atoms with Gasteiger partial charge in [0.2, 0.25) is 0 Å². The summed E-state index contributed by atoms with van der Waals surface area (Å²) in [5.41, 5.74) is 0.398. The van der Waals surface area contributed by atoms with Gasteiger partial charge in [-0.2, -0.15) is 0 Å². The Bertz CT molecular complexity index is 282. The van der Waals surface area contributed by atoms with Crippen molar-refractivity contribution in [3.63, 3.8) is 0 Å². The first-order chi connectivity index (χ1) is 9.22. The molecule has 0 amide bonds. The number of carbonyl (C=O) groups is 1. The van der Waals surface area contributed by atoms with E-state index in [1.807, 2.05) is 6.08 Å². The first-order valence-electron chi connectivity index (χ1n) is 7.50. The van der Waals surface area contributed by atoms with Gasteiger partial charge in [-0.3, -0.25) is 4.99 Å². The van der Waals surface area contributed by atoms with Crippen LogP contribution >= 0.6 is 0 Å². The summed E-state index contributed by atoms with van der Waals surface area (Å²) < 4.78 is 4.56. The smallest absolute Gasteiger partial charge is 0.352 e. The lowest BCUT2D eigenvalue weighted by molar-refractivity contribution is -0.132. The molecule has 3 heteroatoms. The average Bonchev–Trinajstić information content (AvgIpc) is 2.43. The van der Waals surface area contributed by atoms with Crippen molar-refractivity contribution in [1.29, 1.82) is 0 Å². The Labute approximate surface area is 118 Å². The first-order valence-corrected chi connectivity index (χ1v) is 7.50. The van der Waals surface area contributed by atoms with Gasteiger partial charge in [0.15, 0.2) is 0 Å². The summed E-state index contributed by atoms with van der Waals surface area (Å²) in [6.07, 6.45) is 15.4. The zero-order valence-electron chi connectivity index (χ0n) is 12.8. The first kappa shape index (κ1) is 17.9. The topological polar surface area (TPSA) is 38.7 Å². The van der Waals surface area contributed by atoms with Gasteiger partial charge in [-0.05, 0) is 19.8 Å². The number of aliphatic imine (C=N–C) groups is 1. The third kappa shape index (κ3) is 11.7. The van der Waals surface area contributed by atoms with Gasteiger partial charge in [0, 0.05) is 6.20 Å². The summed E-state index contributed by atoms with van der Waals surface area (Å²) in [6, 6.07) is 0. The third-order valence-corrected chi connectivity index (χ3v) is 3.08. The van der Waals surface area contributed by atoms with E-state index in [0.717, 1.165) is 6.42 Å². The number of esters is 1. The van der Waals surface area contributed by atoms with Gasteiger partial charge in [-0.15, -0.1) is 0 Å². The minimum Gasteiger partial charge on any atom is -0.465 e. The second-order valence-corrected chi connectivity index (χ2v) is 4.85. The average molecular weight is 267 g/mol. The number of hydrogen-bond acceptors (Lipinski definition) is 3. The lowest BCUT2D eigenvalue weighted by Gasteiger charge is -1.99. The standard InChI is InChI=1S/C16H29NO2/c1-4-5-6-7-8-9-10-11-12-13-14-17-15(2)16(18)19-3/h13-14H,4-12H2,1-3H3. The predicted molar refractivity (Wildman–Crippen MR) is 81.5 cm³/mol. The van der Waals surface area contributed by atoms with Crippen molar-refractivity contribution in [2.75, 3.05) is 7.11 Å². The molecule has 0 unspecified atom stereocenters. The Balaban J connectivity index is 3.41. The van der Waals surface area contributed by atoms with Crippen LogP contribution in [0.3, 0.4) is 0 Å². The Morgan fingerprint density at radius 2 is 1.63 bits per heavy atom. The third-order valence-electron chi connectivity index (χ3n) is 3.08. The molecule has 0 spiro atoms. The van der Waals surface area contributed by atoms with Crippen molar-refractivity contribution in [3.8, 4) is 0 Å². The van der Waals surface area contributed by atoms with Gasteiger partial charge in [0.25, 0.3) is 0 Å². The largest absolute Gasteiger partial charge is 0.465 e. The van der Waals surface area contributed by atoms with Gasteiger partial charge < -0.3 is 4.74 Å². The molecular formula is C16H29NO2. The van der Waals surface area contributed by atoms with E-state index in [-0.39, 0.29) is 5.97 Å². The van der Waals surface area contributed by atoms with Gasteiger partial charge >= 0.3 is 5.97 Å². The molecule has 19 heavy (non-hydrogen) atoms. The van der Waals surface area contributed by atoms with E-state index < -0.39 is 0 Å². The molecule has 0 aliphatic rings. The Morgan fingerprint density at radius 1 is 1.05 bits per heavy atom. The van der Waals surface area contributed by atoms with Crippen LogP contribution in [0.1, 0.15) is 71.6 Å². The fourth-order valence-corrected chi connectivity index (χ4v) is 1.84. The maximum atomic E-state index is 11.0. The highest BCUT2D eigenvalue weighted by Gasteiger charge is 2.01. The van der Waals surface area contributed by atoms with Crippen molar-refractivity contribution < 1.29 is 9.53 Å². The van der Waals surface area contributed by atoms with Crippen LogP contribution < -0.4 is 0 Å². The number of allylic oxidation sites excluding steroid dienone is 1. The van der Waals surface area contributed by atoms with Gasteiger partial charge in [0.1, 0.15) is 5.71 Å².